The molecule has 216 valence electrons. The summed E-state index contributed by atoms with van der Waals surface area (Å²) in [5, 5.41) is 0. The van der Waals surface area contributed by atoms with Crippen molar-refractivity contribution < 1.29 is 18.7 Å². The zero-order valence-electron chi connectivity index (χ0n) is 24.2. The number of unbranched alkanes of at least 4 members (excludes halogenated alkanes) is 4. The van der Waals surface area contributed by atoms with Crippen LogP contribution in [0.25, 0.3) is 11.1 Å². The van der Waals surface area contributed by atoms with Crippen molar-refractivity contribution in [2.45, 2.75) is 129 Å². The number of hydrogen-bond acceptors (Lipinski definition) is 3. The molecular formula is C34H48BrFO3. The van der Waals surface area contributed by atoms with Crippen LogP contribution in [-0.4, -0.2) is 24.3 Å². The molecule has 39 heavy (non-hydrogen) atoms. The van der Waals surface area contributed by atoms with E-state index in [-0.39, 0.29) is 18.6 Å². The van der Waals surface area contributed by atoms with Gasteiger partial charge in [-0.05, 0) is 115 Å². The highest BCUT2D eigenvalue weighted by Crippen LogP contribution is 2.33. The highest BCUT2D eigenvalue weighted by atomic mass is 79.9. The fourth-order valence-electron chi connectivity index (χ4n) is 5.42. The van der Waals surface area contributed by atoms with Gasteiger partial charge in [-0.15, -0.1) is 0 Å². The van der Waals surface area contributed by atoms with Crippen LogP contribution in [-0.2, 0) is 16.0 Å². The Hall–Kier alpha value is -1.88. The molecule has 0 unspecified atom stereocenters. The molecule has 0 radical (unpaired) electrons. The number of aryl methyl sites for hydroxylation is 1. The van der Waals surface area contributed by atoms with Crippen molar-refractivity contribution in [2.24, 2.45) is 5.92 Å². The molecule has 1 aliphatic rings. The van der Waals surface area contributed by atoms with Crippen LogP contribution in [0.15, 0.2) is 46.9 Å². The molecule has 0 spiro atoms. The molecule has 0 heterocycles. The minimum Gasteiger partial charge on any atom is -0.490 e. The van der Waals surface area contributed by atoms with Gasteiger partial charge in [-0.25, -0.2) is 9.18 Å². The van der Waals surface area contributed by atoms with Gasteiger partial charge in [0.25, 0.3) is 0 Å². The lowest BCUT2D eigenvalue weighted by Gasteiger charge is -2.28. The third-order valence-corrected chi connectivity index (χ3v) is 8.62. The predicted octanol–water partition coefficient (Wildman–Crippen LogP) is 10.4. The summed E-state index contributed by atoms with van der Waals surface area (Å²) in [6, 6.07) is 15.2. The van der Waals surface area contributed by atoms with Gasteiger partial charge in [0.05, 0.1) is 10.6 Å². The second-order valence-corrected chi connectivity index (χ2v) is 12.2. The van der Waals surface area contributed by atoms with Crippen molar-refractivity contribution in [3.05, 3.63) is 52.5 Å². The number of ether oxygens (including phenoxy) is 2. The number of hydrogen-bond donors (Lipinski definition) is 0. The molecule has 5 heteroatoms. The monoisotopic (exact) mass is 602 g/mol. The normalized spacial score (nSPS) is 18.9. The average molecular weight is 604 g/mol. The summed E-state index contributed by atoms with van der Waals surface area (Å²) in [5.41, 5.74) is 3.72. The molecule has 0 amide bonds. The molecule has 1 fully saturated rings. The van der Waals surface area contributed by atoms with Crippen LogP contribution in [0, 0.1) is 5.92 Å². The van der Waals surface area contributed by atoms with E-state index in [0.717, 1.165) is 68.0 Å². The van der Waals surface area contributed by atoms with Crippen LogP contribution in [0.4, 0.5) is 4.39 Å². The van der Waals surface area contributed by atoms with Gasteiger partial charge < -0.3 is 9.47 Å². The molecule has 0 N–H and O–H groups in total. The number of rotatable bonds is 16. The van der Waals surface area contributed by atoms with Gasteiger partial charge in [0.1, 0.15) is 11.9 Å². The van der Waals surface area contributed by atoms with Crippen LogP contribution in [0.3, 0.4) is 0 Å². The van der Waals surface area contributed by atoms with Gasteiger partial charge in [-0.3, -0.25) is 0 Å². The summed E-state index contributed by atoms with van der Waals surface area (Å²) in [6.45, 7) is 6.39. The molecule has 1 aliphatic carbocycles. The Balaban J connectivity index is 1.41. The van der Waals surface area contributed by atoms with Crippen molar-refractivity contribution in [3.8, 4) is 16.9 Å². The maximum absolute atomic E-state index is 13.9. The molecule has 0 aliphatic heterocycles. The summed E-state index contributed by atoms with van der Waals surface area (Å²) >= 11 is 3.71. The maximum atomic E-state index is 13.9. The Morgan fingerprint density at radius 3 is 2.28 bits per heavy atom. The molecule has 0 saturated heterocycles. The topological polar surface area (TPSA) is 35.5 Å². The molecule has 0 aromatic heterocycles. The Morgan fingerprint density at radius 2 is 1.62 bits per heavy atom. The third-order valence-electron chi connectivity index (χ3n) is 8.00. The van der Waals surface area contributed by atoms with Crippen LogP contribution in [0.2, 0.25) is 0 Å². The second-order valence-electron chi connectivity index (χ2n) is 11.3. The fourth-order valence-corrected chi connectivity index (χ4v) is 5.89. The maximum Gasteiger partial charge on any atom is 0.340 e. The summed E-state index contributed by atoms with van der Waals surface area (Å²) in [7, 11) is 0. The van der Waals surface area contributed by atoms with E-state index >= 15 is 0 Å². The molecule has 2 aromatic rings. The number of benzene rings is 2. The Kier molecular flexibility index (Phi) is 13.8. The summed E-state index contributed by atoms with van der Waals surface area (Å²) < 4.78 is 26.5. The zero-order chi connectivity index (χ0) is 28.0. The van der Waals surface area contributed by atoms with E-state index in [4.69, 9.17) is 9.47 Å². The Labute approximate surface area is 244 Å². The van der Waals surface area contributed by atoms with Gasteiger partial charge in [-0.2, -0.15) is 0 Å². The van der Waals surface area contributed by atoms with Crippen LogP contribution < -0.4 is 4.74 Å². The highest BCUT2D eigenvalue weighted by Gasteiger charge is 2.27. The number of alkyl halides is 1. The van der Waals surface area contributed by atoms with Gasteiger partial charge in [0.2, 0.25) is 0 Å². The minimum atomic E-state index is -1.47. The van der Waals surface area contributed by atoms with Gasteiger partial charge in [-0.1, -0.05) is 76.3 Å². The zero-order valence-corrected chi connectivity index (χ0v) is 25.8. The number of esters is 1. The van der Waals surface area contributed by atoms with E-state index < -0.39 is 12.1 Å². The molecule has 0 bridgehead atoms. The first-order valence-electron chi connectivity index (χ1n) is 15.3. The van der Waals surface area contributed by atoms with Crippen molar-refractivity contribution in [1.29, 1.82) is 0 Å². The van der Waals surface area contributed by atoms with Crippen LogP contribution in [0.5, 0.6) is 5.75 Å². The van der Waals surface area contributed by atoms with Gasteiger partial charge in [0, 0.05) is 0 Å². The molecule has 1 saturated carbocycles. The predicted molar refractivity (Wildman–Crippen MR) is 163 cm³/mol. The van der Waals surface area contributed by atoms with Gasteiger partial charge >= 0.3 is 5.97 Å². The van der Waals surface area contributed by atoms with E-state index in [0.29, 0.717) is 5.92 Å². The summed E-state index contributed by atoms with van der Waals surface area (Å²) in [6.07, 6.45) is 12.6. The lowest BCUT2D eigenvalue weighted by Crippen LogP contribution is -2.29. The summed E-state index contributed by atoms with van der Waals surface area (Å²) in [4.78, 5) is 12.0. The number of carbonyl (C=O) groups is 1. The van der Waals surface area contributed by atoms with E-state index in [1.165, 1.54) is 42.4 Å². The van der Waals surface area contributed by atoms with Crippen molar-refractivity contribution in [1.82, 2.24) is 0 Å². The average Bonchev–Trinajstić information content (AvgIpc) is 2.95. The smallest absolute Gasteiger partial charge is 0.340 e. The molecular weight excluding hydrogens is 555 g/mol. The third kappa shape index (κ3) is 10.9. The van der Waals surface area contributed by atoms with E-state index in [2.05, 4.69) is 72.2 Å². The van der Waals surface area contributed by atoms with Gasteiger partial charge in [0.15, 0.2) is 6.17 Å². The molecule has 2 atom stereocenters. The largest absolute Gasteiger partial charge is 0.490 e. The van der Waals surface area contributed by atoms with E-state index in [1.807, 2.05) is 6.92 Å². The second kappa shape index (κ2) is 17.0. The quantitative estimate of drug-likeness (QED) is 0.141. The van der Waals surface area contributed by atoms with E-state index in [9.17, 15) is 9.18 Å². The highest BCUT2D eigenvalue weighted by molar-refractivity contribution is 9.10. The van der Waals surface area contributed by atoms with Crippen molar-refractivity contribution >= 4 is 21.9 Å². The lowest BCUT2D eigenvalue weighted by molar-refractivity contribution is -0.157. The standard InChI is InChI=1S/C34H48BrFO3/c1-4-6-8-9-10-25(3)38-33-23-20-29(24-31(33)35)28-18-14-26(15-19-28)12-13-27-16-21-30(22-17-27)39-34(37)32(36)11-7-5-2/h14-15,18-20,23-25,27,30,32H,4-13,16-17,21-22H2,1-3H3/t25-,27-,30-,32+/m1/s1. The minimum absolute atomic E-state index is 0.113. The number of halogens is 2. The Morgan fingerprint density at radius 1 is 0.923 bits per heavy atom. The SMILES string of the molecule is CCCCCC[C@@H](C)Oc1ccc(-c2ccc(CC[C@H]3CC[C@H](OC(=O)[C@@H](F)CCCC)CC3)cc2)cc1Br. The van der Waals surface area contributed by atoms with Crippen LogP contribution >= 0.6 is 15.9 Å². The fraction of sp³-hybridized carbons (Fsp3) is 0.618. The molecule has 2 aromatic carbocycles. The first-order chi connectivity index (χ1) is 18.9. The lowest BCUT2D eigenvalue weighted by atomic mass is 9.83. The first kappa shape index (κ1) is 31.6. The van der Waals surface area contributed by atoms with Crippen LogP contribution in [0.1, 0.15) is 110 Å². The molecule has 3 rings (SSSR count). The Bertz CT molecular complexity index is 984. The first-order valence-corrected chi connectivity index (χ1v) is 16.1. The van der Waals surface area contributed by atoms with Crippen molar-refractivity contribution in [2.75, 3.05) is 0 Å². The molecule has 3 nitrogen and oxygen atoms in total. The summed E-state index contributed by atoms with van der Waals surface area (Å²) in [5.74, 6) is 0.885. The number of carbonyl (C=O) groups excluding carboxylic acids is 1. The van der Waals surface area contributed by atoms with E-state index in [1.54, 1.807) is 0 Å². The van der Waals surface area contributed by atoms with Crippen molar-refractivity contribution in [3.63, 3.8) is 0 Å².